The minimum atomic E-state index is -0.522. The minimum absolute atomic E-state index is 0.490. The van der Waals surface area contributed by atoms with E-state index in [9.17, 15) is 5.11 Å². The Morgan fingerprint density at radius 1 is 0.935 bits per heavy atom. The van der Waals surface area contributed by atoms with Crippen molar-refractivity contribution in [2.45, 2.75) is 23.8 Å². The van der Waals surface area contributed by atoms with Gasteiger partial charge in [0.15, 0.2) is 0 Å². The number of rotatable bonds is 7. The lowest BCUT2D eigenvalue weighted by Gasteiger charge is -2.22. The van der Waals surface area contributed by atoms with E-state index in [0.717, 1.165) is 34.8 Å². The molecular formula is C26H27N3OS. The molecule has 3 N–H and O–H groups in total. The number of H-pyrrole nitrogens is 1. The number of nitrogens with one attached hydrogen (secondary N) is 2. The number of hydrogen-bond acceptors (Lipinski definition) is 4. The van der Waals surface area contributed by atoms with Crippen LogP contribution in [0.4, 0.5) is 5.69 Å². The average Bonchev–Trinajstić information content (AvgIpc) is 3.49. The summed E-state index contributed by atoms with van der Waals surface area (Å²) in [6, 6.07) is 27.1. The maximum Gasteiger partial charge on any atom is 0.0923 e. The van der Waals surface area contributed by atoms with Crippen LogP contribution < -0.4 is 9.62 Å². The molecule has 0 bridgehead atoms. The Balaban J connectivity index is 1.38. The number of hydrogen-bond donors (Lipinski definition) is 3. The van der Waals surface area contributed by atoms with Gasteiger partial charge >= 0.3 is 0 Å². The molecule has 0 spiro atoms. The fourth-order valence-corrected chi connectivity index (χ4v) is 4.96. The highest BCUT2D eigenvalue weighted by molar-refractivity contribution is 7.97. The molecule has 0 radical (unpaired) electrons. The lowest BCUT2D eigenvalue weighted by Crippen LogP contribution is -2.18. The zero-order valence-corrected chi connectivity index (χ0v) is 18.2. The molecule has 1 fully saturated rings. The van der Waals surface area contributed by atoms with Crippen LogP contribution >= 0.6 is 11.9 Å². The molecule has 1 atom stereocenters. The van der Waals surface area contributed by atoms with Gasteiger partial charge in [-0.1, -0.05) is 48.5 Å². The number of aromatic amines is 1. The van der Waals surface area contributed by atoms with Crippen molar-refractivity contribution in [1.82, 2.24) is 9.71 Å². The van der Waals surface area contributed by atoms with Gasteiger partial charge in [-0.3, -0.25) is 4.72 Å². The van der Waals surface area contributed by atoms with Crippen LogP contribution in [-0.4, -0.2) is 29.7 Å². The van der Waals surface area contributed by atoms with Crippen LogP contribution in [-0.2, 0) is 0 Å². The van der Waals surface area contributed by atoms with E-state index in [2.05, 4.69) is 63.1 Å². The number of benzene rings is 3. The van der Waals surface area contributed by atoms with Crippen LogP contribution in [0.5, 0.6) is 0 Å². The Labute approximate surface area is 187 Å². The fourth-order valence-electron chi connectivity index (χ4n) is 4.24. The lowest BCUT2D eigenvalue weighted by molar-refractivity contribution is 0.183. The van der Waals surface area contributed by atoms with Crippen LogP contribution in [0.3, 0.4) is 0 Å². The number of aliphatic hydroxyl groups is 1. The van der Waals surface area contributed by atoms with Crippen LogP contribution in [0.2, 0.25) is 0 Å². The number of aliphatic hydroxyl groups excluding tert-OH is 1. The van der Waals surface area contributed by atoms with Gasteiger partial charge in [0.2, 0.25) is 0 Å². The Kier molecular flexibility index (Phi) is 5.98. The third-order valence-electron chi connectivity index (χ3n) is 5.89. The summed E-state index contributed by atoms with van der Waals surface area (Å²) in [5.41, 5.74) is 5.76. The van der Waals surface area contributed by atoms with Crippen molar-refractivity contribution < 1.29 is 5.11 Å². The molecular weight excluding hydrogens is 402 g/mol. The minimum Gasteiger partial charge on any atom is -0.387 e. The molecule has 1 aliphatic rings. The summed E-state index contributed by atoms with van der Waals surface area (Å²) in [6.07, 6.45) is 1.98. The van der Waals surface area contributed by atoms with Gasteiger partial charge in [0.1, 0.15) is 0 Å². The Morgan fingerprint density at radius 2 is 1.71 bits per heavy atom. The molecule has 4 aromatic rings. The Morgan fingerprint density at radius 3 is 2.52 bits per heavy atom. The molecule has 5 rings (SSSR count). The molecule has 1 aliphatic heterocycles. The van der Waals surface area contributed by atoms with E-state index >= 15 is 0 Å². The fraction of sp³-hybridized carbons (Fsp3) is 0.231. The average molecular weight is 430 g/mol. The molecule has 2 heterocycles. The van der Waals surface area contributed by atoms with Gasteiger partial charge in [-0.25, -0.2) is 0 Å². The molecule has 31 heavy (non-hydrogen) atoms. The molecule has 1 saturated heterocycles. The van der Waals surface area contributed by atoms with Gasteiger partial charge in [-0.05, 0) is 60.7 Å². The second kappa shape index (κ2) is 9.18. The molecule has 0 amide bonds. The molecule has 0 saturated carbocycles. The number of anilines is 1. The SMILES string of the molecule is OC(CNSc1ccc(N2CCCC2)c(-c2cc3ccccc3[nH]2)c1)c1ccccc1. The summed E-state index contributed by atoms with van der Waals surface area (Å²) in [6.45, 7) is 2.72. The van der Waals surface area contributed by atoms with Crippen molar-refractivity contribution in [2.75, 3.05) is 24.5 Å². The van der Waals surface area contributed by atoms with Gasteiger partial charge in [0.05, 0.1) is 6.10 Å². The Hall–Kier alpha value is -2.73. The van der Waals surface area contributed by atoms with Crippen molar-refractivity contribution in [2.24, 2.45) is 0 Å². The van der Waals surface area contributed by atoms with Gasteiger partial charge in [-0.15, -0.1) is 0 Å². The standard InChI is InChI=1S/C26H27N3OS/c30-26(19-8-2-1-3-9-19)18-27-31-21-12-13-25(29-14-6-7-15-29)22(17-21)24-16-20-10-4-5-11-23(20)28-24/h1-5,8-13,16-17,26-28,30H,6-7,14-15,18H2. The number of nitrogens with zero attached hydrogens (tertiary/aromatic N) is 1. The van der Waals surface area contributed by atoms with Crippen molar-refractivity contribution in [3.63, 3.8) is 0 Å². The van der Waals surface area contributed by atoms with Crippen LogP contribution in [0.1, 0.15) is 24.5 Å². The molecule has 1 aromatic heterocycles. The van der Waals surface area contributed by atoms with Crippen molar-refractivity contribution in [1.29, 1.82) is 0 Å². The third-order valence-corrected chi connectivity index (χ3v) is 6.69. The summed E-state index contributed by atoms with van der Waals surface area (Å²) in [4.78, 5) is 7.23. The zero-order chi connectivity index (χ0) is 21.0. The van der Waals surface area contributed by atoms with E-state index in [-0.39, 0.29) is 0 Å². The number of aromatic nitrogens is 1. The summed E-state index contributed by atoms with van der Waals surface area (Å²) < 4.78 is 3.34. The molecule has 4 nitrogen and oxygen atoms in total. The molecule has 5 heteroatoms. The highest BCUT2D eigenvalue weighted by Gasteiger charge is 2.18. The number of para-hydroxylation sites is 1. The first-order valence-electron chi connectivity index (χ1n) is 10.9. The monoisotopic (exact) mass is 429 g/mol. The predicted octanol–water partition coefficient (Wildman–Crippen LogP) is 5.77. The molecule has 3 aromatic carbocycles. The highest BCUT2D eigenvalue weighted by atomic mass is 32.2. The van der Waals surface area contributed by atoms with Crippen LogP contribution in [0.25, 0.3) is 22.2 Å². The number of fused-ring (bicyclic) bond motifs is 1. The van der Waals surface area contributed by atoms with E-state index < -0.39 is 6.10 Å². The molecule has 0 aliphatic carbocycles. The first-order chi connectivity index (χ1) is 15.3. The first-order valence-corrected chi connectivity index (χ1v) is 11.7. The van der Waals surface area contributed by atoms with Crippen LogP contribution in [0, 0.1) is 0 Å². The van der Waals surface area contributed by atoms with E-state index in [0.29, 0.717) is 6.54 Å². The van der Waals surface area contributed by atoms with Gasteiger partial charge < -0.3 is 15.0 Å². The van der Waals surface area contributed by atoms with E-state index in [1.807, 2.05) is 30.3 Å². The molecule has 158 valence electrons. The maximum atomic E-state index is 10.4. The summed E-state index contributed by atoms with van der Waals surface area (Å²) in [5.74, 6) is 0. The van der Waals surface area contributed by atoms with Crippen LogP contribution in [0.15, 0.2) is 83.8 Å². The smallest absolute Gasteiger partial charge is 0.0923 e. The topological polar surface area (TPSA) is 51.3 Å². The second-order valence-electron chi connectivity index (χ2n) is 8.02. The summed E-state index contributed by atoms with van der Waals surface area (Å²) >= 11 is 1.57. The lowest BCUT2D eigenvalue weighted by atomic mass is 10.1. The van der Waals surface area contributed by atoms with Crippen molar-refractivity contribution in [3.05, 3.63) is 84.4 Å². The van der Waals surface area contributed by atoms with Gasteiger partial charge in [0.25, 0.3) is 0 Å². The Bertz CT molecular complexity index is 1120. The normalized spacial score (nSPS) is 14.9. The summed E-state index contributed by atoms with van der Waals surface area (Å²) in [7, 11) is 0. The second-order valence-corrected chi connectivity index (χ2v) is 8.98. The summed E-state index contributed by atoms with van der Waals surface area (Å²) in [5, 5.41) is 11.6. The first kappa shape index (κ1) is 20.2. The predicted molar refractivity (Wildman–Crippen MR) is 130 cm³/mol. The third kappa shape index (κ3) is 4.49. The van der Waals surface area contributed by atoms with Gasteiger partial charge in [-0.2, -0.15) is 0 Å². The highest BCUT2D eigenvalue weighted by Crippen LogP contribution is 2.36. The van der Waals surface area contributed by atoms with Gasteiger partial charge in [0, 0.05) is 52.4 Å². The zero-order valence-electron chi connectivity index (χ0n) is 17.4. The maximum absolute atomic E-state index is 10.4. The van der Waals surface area contributed by atoms with Crippen molar-refractivity contribution >= 4 is 28.5 Å². The largest absolute Gasteiger partial charge is 0.387 e. The molecule has 1 unspecified atom stereocenters. The quantitative estimate of drug-likeness (QED) is 0.327. The van der Waals surface area contributed by atoms with E-state index in [1.54, 1.807) is 11.9 Å². The van der Waals surface area contributed by atoms with E-state index in [4.69, 9.17) is 0 Å². The van der Waals surface area contributed by atoms with E-state index in [1.165, 1.54) is 29.5 Å². The van der Waals surface area contributed by atoms with Crippen molar-refractivity contribution in [3.8, 4) is 11.3 Å².